The van der Waals surface area contributed by atoms with Gasteiger partial charge in [0.05, 0.1) is 39.4 Å². The van der Waals surface area contributed by atoms with Crippen LogP contribution in [0.15, 0.2) is 72.8 Å². The molecule has 6 nitrogen and oxygen atoms in total. The second-order valence-corrected chi connectivity index (χ2v) is 17.2. The molecule has 0 N–H and O–H groups in total. The first-order valence-corrected chi connectivity index (χ1v) is 21.6. The van der Waals surface area contributed by atoms with Gasteiger partial charge in [-0.15, -0.1) is 0 Å². The van der Waals surface area contributed by atoms with Crippen LogP contribution in [-0.4, -0.2) is 0 Å². The summed E-state index contributed by atoms with van der Waals surface area (Å²) in [4.78, 5) is 20.8. The molecule has 0 saturated heterocycles. The predicted octanol–water partition coefficient (Wildman–Crippen LogP) is 19.0. The molecule has 67 heavy (non-hydrogen) atoms. The van der Waals surface area contributed by atoms with Crippen LogP contribution >= 0.6 is 0 Å². The number of nitrogens with zero attached hydrogens (tertiary/aromatic N) is 6. The second kappa shape index (κ2) is 28.8. The average Bonchev–Trinajstić information content (AvgIpc) is 3.18. The van der Waals surface area contributed by atoms with E-state index in [0.717, 1.165) is 101 Å². The van der Waals surface area contributed by atoms with E-state index < -0.39 is 0 Å². The minimum atomic E-state index is 0. The smallest absolute Gasteiger partial charge is 0.193 e. The first-order valence-electron chi connectivity index (χ1n) is 21.6. The molecule has 0 aromatic heterocycles. The maximum Gasteiger partial charge on any atom is 0.193 e. The van der Waals surface area contributed by atoms with Gasteiger partial charge in [0.2, 0.25) is 0 Å². The second-order valence-electron chi connectivity index (χ2n) is 17.2. The minimum absolute atomic E-state index is 0. The first kappa shape index (κ1) is 59.9. The molecular formula is C60H66N6W. The summed E-state index contributed by atoms with van der Waals surface area (Å²) < 4.78 is 0. The van der Waals surface area contributed by atoms with Crippen LogP contribution < -0.4 is 0 Å². The maximum absolute atomic E-state index is 6.92. The van der Waals surface area contributed by atoms with E-state index in [1.54, 1.807) is 0 Å². The molecule has 0 radical (unpaired) electrons. The Bertz CT molecular complexity index is 2300. The molecule has 0 bridgehead atoms. The van der Waals surface area contributed by atoms with Crippen molar-refractivity contribution in [1.82, 2.24) is 0 Å². The van der Waals surface area contributed by atoms with Crippen molar-refractivity contribution >= 4 is 34.1 Å². The van der Waals surface area contributed by atoms with Gasteiger partial charge in [0, 0.05) is 21.1 Å². The van der Waals surface area contributed by atoms with Gasteiger partial charge < -0.3 is 0 Å². The van der Waals surface area contributed by atoms with E-state index in [1.165, 1.54) is 33.4 Å². The van der Waals surface area contributed by atoms with E-state index in [4.69, 9.17) is 39.4 Å². The molecule has 6 rings (SSSR count). The van der Waals surface area contributed by atoms with Crippen LogP contribution in [0.1, 0.15) is 100 Å². The van der Waals surface area contributed by atoms with Crippen molar-refractivity contribution in [2.24, 2.45) is 0 Å². The fourth-order valence-electron chi connectivity index (χ4n) is 8.09. The third kappa shape index (κ3) is 18.8. The van der Waals surface area contributed by atoms with Crippen LogP contribution in [0.4, 0.5) is 34.1 Å². The molecule has 6 aromatic rings. The topological polar surface area (TPSA) is 26.2 Å². The van der Waals surface area contributed by atoms with Gasteiger partial charge >= 0.3 is 0 Å². The monoisotopic (exact) mass is 1050 g/mol. The molecule has 7 heteroatoms. The largest absolute Gasteiger partial charge is 0.238 e. The Balaban J connectivity index is 0.000000778. The Kier molecular flexibility index (Phi) is 25.7. The van der Waals surface area contributed by atoms with Gasteiger partial charge in [-0.3, -0.25) is 0 Å². The zero-order valence-electron chi connectivity index (χ0n) is 43.0. The van der Waals surface area contributed by atoms with Crippen molar-refractivity contribution < 1.29 is 21.1 Å². The minimum Gasteiger partial charge on any atom is -0.238 e. The van der Waals surface area contributed by atoms with Crippen LogP contribution in [0.3, 0.4) is 0 Å². The van der Waals surface area contributed by atoms with E-state index >= 15 is 0 Å². The molecule has 342 valence electrons. The van der Waals surface area contributed by atoms with E-state index in [1.807, 2.05) is 197 Å². The average molecular weight is 1060 g/mol. The summed E-state index contributed by atoms with van der Waals surface area (Å²) in [6, 6.07) is 24.5. The molecule has 0 saturated carbocycles. The Morgan fingerprint density at radius 1 is 0.194 bits per heavy atom. The fraction of sp³-hybridized carbons (Fsp3) is 0.300. The SMILES string of the molecule is [C-]#[N+]c1c(C)cc(C)cc1C.[C-]#[N+]c1c(C)cc(C)cc1C.[C-]#[N+]c1c(C)cc(C)cc1C.[C-]#[N+]c1c(C)cc(C)cc1C.[C-]#[N+]c1c(C)cc(C)cc1C.[C-]#[N+]c1c(C)cc(C)cc1C.[W]. The molecular weight excluding hydrogens is 989 g/mol. The van der Waals surface area contributed by atoms with E-state index in [0.29, 0.717) is 0 Å². The molecule has 0 unspecified atom stereocenters. The number of rotatable bonds is 0. The molecule has 0 amide bonds. The summed E-state index contributed by atoms with van der Waals surface area (Å²) in [5.41, 5.74) is 25.2. The van der Waals surface area contributed by atoms with Gasteiger partial charge in [-0.25, -0.2) is 29.1 Å². The standard InChI is InChI=1S/6C10H11N.W/c6*1-7-5-8(2)10(11-4)9(3)6-7;/h6*5-6H,1-3H3;. The van der Waals surface area contributed by atoms with Crippen LogP contribution in [0, 0.1) is 164 Å². The van der Waals surface area contributed by atoms with Gasteiger partial charge in [-0.05, 0) is 191 Å². The Morgan fingerprint density at radius 3 is 0.328 bits per heavy atom. The van der Waals surface area contributed by atoms with Crippen molar-refractivity contribution in [3.05, 3.63) is 241 Å². The molecule has 0 fully saturated rings. The molecule has 0 aliphatic rings. The number of aryl methyl sites for hydroxylation is 18. The number of hydrogen-bond acceptors (Lipinski definition) is 0. The van der Waals surface area contributed by atoms with Crippen molar-refractivity contribution in [1.29, 1.82) is 0 Å². The van der Waals surface area contributed by atoms with Crippen LogP contribution in [0.5, 0.6) is 0 Å². The summed E-state index contributed by atoms with van der Waals surface area (Å²) in [6.45, 7) is 77.6. The van der Waals surface area contributed by atoms with Crippen LogP contribution in [0.2, 0.25) is 0 Å². The summed E-state index contributed by atoms with van der Waals surface area (Å²) in [5.74, 6) is 0. The zero-order chi connectivity index (χ0) is 50.6. The number of benzene rings is 6. The zero-order valence-corrected chi connectivity index (χ0v) is 46.0. The Morgan fingerprint density at radius 2 is 0.269 bits per heavy atom. The predicted molar refractivity (Wildman–Crippen MR) is 281 cm³/mol. The summed E-state index contributed by atoms with van der Waals surface area (Å²) in [6.07, 6.45) is 0. The molecule has 0 atom stereocenters. The fourth-order valence-corrected chi connectivity index (χ4v) is 8.09. The van der Waals surface area contributed by atoms with Crippen molar-refractivity contribution in [2.45, 2.75) is 125 Å². The van der Waals surface area contributed by atoms with Crippen molar-refractivity contribution in [3.8, 4) is 0 Å². The summed E-state index contributed by atoms with van der Waals surface area (Å²) in [7, 11) is 0. The Hall–Kier alpha value is -7.05. The van der Waals surface area contributed by atoms with Gasteiger partial charge in [-0.2, -0.15) is 0 Å². The van der Waals surface area contributed by atoms with Crippen LogP contribution in [-0.2, 0) is 21.1 Å². The normalized spacial score (nSPS) is 9.13. The third-order valence-corrected chi connectivity index (χ3v) is 10.5. The quantitative estimate of drug-likeness (QED) is 0.136. The van der Waals surface area contributed by atoms with E-state index in [-0.39, 0.29) is 21.1 Å². The Labute approximate surface area is 419 Å². The molecule has 0 heterocycles. The molecule has 0 spiro atoms. The third-order valence-electron chi connectivity index (χ3n) is 10.5. The molecule has 0 aliphatic heterocycles. The molecule has 0 aliphatic carbocycles. The van der Waals surface area contributed by atoms with Gasteiger partial charge in [0.15, 0.2) is 34.1 Å². The summed E-state index contributed by atoms with van der Waals surface area (Å²) >= 11 is 0. The van der Waals surface area contributed by atoms with Crippen molar-refractivity contribution in [3.63, 3.8) is 0 Å². The number of hydrogen-bond donors (Lipinski definition) is 0. The van der Waals surface area contributed by atoms with E-state index in [2.05, 4.69) is 29.1 Å². The first-order chi connectivity index (χ1) is 30.9. The van der Waals surface area contributed by atoms with Gasteiger partial charge in [-0.1, -0.05) is 106 Å². The van der Waals surface area contributed by atoms with Gasteiger partial charge in [0.25, 0.3) is 0 Å². The van der Waals surface area contributed by atoms with Crippen molar-refractivity contribution in [2.75, 3.05) is 0 Å². The molecule has 6 aromatic carbocycles. The van der Waals surface area contributed by atoms with Crippen LogP contribution in [0.25, 0.3) is 29.1 Å². The maximum atomic E-state index is 6.92. The van der Waals surface area contributed by atoms with E-state index in [9.17, 15) is 0 Å². The van der Waals surface area contributed by atoms with Gasteiger partial charge in [0.1, 0.15) is 0 Å². The summed E-state index contributed by atoms with van der Waals surface area (Å²) in [5, 5.41) is 0.